The molecule has 0 aliphatic rings. The van der Waals surface area contributed by atoms with E-state index in [2.05, 4.69) is 10.4 Å². The number of halogens is 2. The minimum absolute atomic E-state index is 0.000832. The van der Waals surface area contributed by atoms with Gasteiger partial charge in [0.25, 0.3) is 5.91 Å². The zero-order valence-corrected chi connectivity index (χ0v) is 13.8. The number of hydrogen-bond acceptors (Lipinski definition) is 3. The quantitative estimate of drug-likeness (QED) is 0.833. The van der Waals surface area contributed by atoms with Crippen LogP contribution >= 0.6 is 23.2 Å². The Hall–Kier alpha value is -2.05. The van der Waals surface area contributed by atoms with Gasteiger partial charge in [0, 0.05) is 18.7 Å². The SMILES string of the molecule is CC(CCC(=O)O)NC(=O)c1ccn(-c2ccc(Cl)c(Cl)c2)n1. The Kier molecular flexibility index (Phi) is 5.63. The van der Waals surface area contributed by atoms with Gasteiger partial charge in [-0.2, -0.15) is 5.10 Å². The summed E-state index contributed by atoms with van der Waals surface area (Å²) >= 11 is 11.8. The van der Waals surface area contributed by atoms with Crippen molar-refractivity contribution in [2.24, 2.45) is 0 Å². The summed E-state index contributed by atoms with van der Waals surface area (Å²) in [5.74, 6) is -1.25. The maximum atomic E-state index is 12.1. The highest BCUT2D eigenvalue weighted by molar-refractivity contribution is 6.42. The zero-order chi connectivity index (χ0) is 17.0. The average Bonchev–Trinajstić information content (AvgIpc) is 2.98. The fourth-order valence-corrected chi connectivity index (χ4v) is 2.22. The number of amides is 1. The fraction of sp³-hybridized carbons (Fsp3) is 0.267. The first-order valence-electron chi connectivity index (χ1n) is 6.90. The molecule has 1 unspecified atom stereocenters. The van der Waals surface area contributed by atoms with Crippen molar-refractivity contribution >= 4 is 35.1 Å². The molecule has 2 aromatic rings. The van der Waals surface area contributed by atoms with E-state index in [0.29, 0.717) is 22.2 Å². The number of aliphatic carboxylic acids is 1. The van der Waals surface area contributed by atoms with Gasteiger partial charge in [-0.25, -0.2) is 4.68 Å². The largest absolute Gasteiger partial charge is 0.481 e. The van der Waals surface area contributed by atoms with Gasteiger partial charge in [0.05, 0.1) is 15.7 Å². The van der Waals surface area contributed by atoms with Crippen LogP contribution in [0.3, 0.4) is 0 Å². The summed E-state index contributed by atoms with van der Waals surface area (Å²) in [6.45, 7) is 1.75. The highest BCUT2D eigenvalue weighted by atomic mass is 35.5. The van der Waals surface area contributed by atoms with Crippen molar-refractivity contribution in [3.8, 4) is 5.69 Å². The summed E-state index contributed by atoms with van der Waals surface area (Å²) in [5.41, 5.74) is 0.913. The highest BCUT2D eigenvalue weighted by Gasteiger charge is 2.14. The molecule has 1 heterocycles. The van der Waals surface area contributed by atoms with Crippen LogP contribution in [-0.4, -0.2) is 32.8 Å². The third kappa shape index (κ3) is 4.71. The summed E-state index contributed by atoms with van der Waals surface area (Å²) in [5, 5.41) is 16.4. The van der Waals surface area contributed by atoms with E-state index in [0.717, 1.165) is 0 Å². The predicted octanol–water partition coefficient (Wildman–Crippen LogP) is 3.16. The summed E-state index contributed by atoms with van der Waals surface area (Å²) in [6.07, 6.45) is 1.99. The molecule has 8 heteroatoms. The lowest BCUT2D eigenvalue weighted by Gasteiger charge is -2.11. The molecule has 1 aromatic carbocycles. The Morgan fingerprint density at radius 2 is 2.04 bits per heavy atom. The van der Waals surface area contributed by atoms with E-state index in [9.17, 15) is 9.59 Å². The van der Waals surface area contributed by atoms with Crippen LogP contribution in [0.2, 0.25) is 10.0 Å². The third-order valence-corrected chi connectivity index (χ3v) is 3.90. The Morgan fingerprint density at radius 3 is 2.70 bits per heavy atom. The molecule has 0 saturated carbocycles. The average molecular weight is 356 g/mol. The number of nitrogens with one attached hydrogen (secondary N) is 1. The van der Waals surface area contributed by atoms with E-state index in [1.165, 1.54) is 4.68 Å². The predicted molar refractivity (Wildman–Crippen MR) is 87.4 cm³/mol. The molecule has 0 bridgehead atoms. The first kappa shape index (κ1) is 17.3. The minimum atomic E-state index is -0.894. The van der Waals surface area contributed by atoms with Gasteiger partial charge in [-0.3, -0.25) is 9.59 Å². The molecule has 0 aliphatic carbocycles. The van der Waals surface area contributed by atoms with Gasteiger partial charge in [0.15, 0.2) is 5.69 Å². The molecule has 0 saturated heterocycles. The monoisotopic (exact) mass is 355 g/mol. The number of carbonyl (C=O) groups is 2. The molecule has 1 amide bonds. The molecule has 0 fully saturated rings. The van der Waals surface area contributed by atoms with Crippen molar-refractivity contribution < 1.29 is 14.7 Å². The summed E-state index contributed by atoms with van der Waals surface area (Å²) in [6, 6.07) is 6.34. The van der Waals surface area contributed by atoms with Gasteiger partial charge in [-0.05, 0) is 37.6 Å². The van der Waals surface area contributed by atoms with E-state index in [1.54, 1.807) is 37.4 Å². The summed E-state index contributed by atoms with van der Waals surface area (Å²) in [7, 11) is 0. The number of rotatable bonds is 6. The molecule has 0 spiro atoms. The highest BCUT2D eigenvalue weighted by Crippen LogP contribution is 2.24. The number of carboxylic acids is 1. The second kappa shape index (κ2) is 7.48. The molecule has 23 heavy (non-hydrogen) atoms. The Balaban J connectivity index is 2.04. The maximum absolute atomic E-state index is 12.1. The fourth-order valence-electron chi connectivity index (χ4n) is 1.93. The van der Waals surface area contributed by atoms with Crippen molar-refractivity contribution in [2.75, 3.05) is 0 Å². The topological polar surface area (TPSA) is 84.2 Å². The zero-order valence-electron chi connectivity index (χ0n) is 12.3. The lowest BCUT2D eigenvalue weighted by Crippen LogP contribution is -2.33. The Labute approximate surface area is 143 Å². The second-order valence-corrected chi connectivity index (χ2v) is 5.87. The number of aromatic nitrogens is 2. The lowest BCUT2D eigenvalue weighted by molar-refractivity contribution is -0.137. The summed E-state index contributed by atoms with van der Waals surface area (Å²) < 4.78 is 1.51. The molecule has 0 aliphatic heterocycles. The van der Waals surface area contributed by atoms with Crippen molar-refractivity contribution in [3.05, 3.63) is 46.2 Å². The normalized spacial score (nSPS) is 12.0. The third-order valence-electron chi connectivity index (χ3n) is 3.16. The van der Waals surface area contributed by atoms with Crippen LogP contribution in [0.5, 0.6) is 0 Å². The van der Waals surface area contributed by atoms with Gasteiger partial charge in [-0.15, -0.1) is 0 Å². The van der Waals surface area contributed by atoms with Crippen LogP contribution in [0.25, 0.3) is 5.69 Å². The Morgan fingerprint density at radius 1 is 1.30 bits per heavy atom. The number of carboxylic acid groups (broad SMARTS) is 1. The molecule has 0 radical (unpaired) electrons. The van der Waals surface area contributed by atoms with Crippen LogP contribution in [0.15, 0.2) is 30.5 Å². The van der Waals surface area contributed by atoms with Crippen molar-refractivity contribution in [2.45, 2.75) is 25.8 Å². The lowest BCUT2D eigenvalue weighted by atomic mass is 10.2. The van der Waals surface area contributed by atoms with Crippen LogP contribution in [0.1, 0.15) is 30.3 Å². The van der Waals surface area contributed by atoms with Crippen LogP contribution in [-0.2, 0) is 4.79 Å². The van der Waals surface area contributed by atoms with Gasteiger partial charge in [-0.1, -0.05) is 23.2 Å². The van der Waals surface area contributed by atoms with Gasteiger partial charge in [0.1, 0.15) is 0 Å². The summed E-state index contributed by atoms with van der Waals surface area (Å²) in [4.78, 5) is 22.6. The van der Waals surface area contributed by atoms with Gasteiger partial charge < -0.3 is 10.4 Å². The number of hydrogen-bond donors (Lipinski definition) is 2. The Bertz CT molecular complexity index is 731. The van der Waals surface area contributed by atoms with E-state index in [-0.39, 0.29) is 24.1 Å². The number of benzene rings is 1. The smallest absolute Gasteiger partial charge is 0.303 e. The number of carbonyl (C=O) groups excluding carboxylic acids is 1. The van der Waals surface area contributed by atoms with Crippen LogP contribution < -0.4 is 5.32 Å². The molecule has 1 atom stereocenters. The molecule has 2 N–H and O–H groups in total. The van der Waals surface area contributed by atoms with Crippen LogP contribution in [0.4, 0.5) is 0 Å². The van der Waals surface area contributed by atoms with Crippen molar-refractivity contribution in [1.82, 2.24) is 15.1 Å². The molecular weight excluding hydrogens is 341 g/mol. The molecule has 6 nitrogen and oxygen atoms in total. The van der Waals surface area contributed by atoms with Gasteiger partial charge >= 0.3 is 5.97 Å². The molecular formula is C15H15Cl2N3O3. The van der Waals surface area contributed by atoms with E-state index >= 15 is 0 Å². The second-order valence-electron chi connectivity index (χ2n) is 5.05. The van der Waals surface area contributed by atoms with Crippen molar-refractivity contribution in [1.29, 1.82) is 0 Å². The molecule has 2 rings (SSSR count). The first-order chi connectivity index (χ1) is 10.9. The minimum Gasteiger partial charge on any atom is -0.481 e. The first-order valence-corrected chi connectivity index (χ1v) is 7.66. The molecule has 1 aromatic heterocycles. The van der Waals surface area contributed by atoms with Gasteiger partial charge in [0.2, 0.25) is 0 Å². The van der Waals surface area contributed by atoms with E-state index in [1.807, 2.05) is 0 Å². The molecule has 122 valence electrons. The van der Waals surface area contributed by atoms with Crippen molar-refractivity contribution in [3.63, 3.8) is 0 Å². The number of nitrogens with zero attached hydrogens (tertiary/aromatic N) is 2. The standard InChI is InChI=1S/C15H15Cl2N3O3/c1-9(2-5-14(21)22)18-15(23)13-6-7-20(19-13)10-3-4-11(16)12(17)8-10/h3-4,6-9H,2,5H2,1H3,(H,18,23)(H,21,22). The maximum Gasteiger partial charge on any atom is 0.303 e. The van der Waals surface area contributed by atoms with E-state index < -0.39 is 5.97 Å². The van der Waals surface area contributed by atoms with E-state index in [4.69, 9.17) is 28.3 Å². The van der Waals surface area contributed by atoms with Crippen LogP contribution in [0, 0.1) is 0 Å².